The highest BCUT2D eigenvalue weighted by molar-refractivity contribution is 7.35. The molecule has 1 fully saturated rings. The summed E-state index contributed by atoms with van der Waals surface area (Å²) in [6.45, 7) is 2.44. The lowest BCUT2D eigenvalue weighted by Crippen LogP contribution is -2.29. The highest BCUT2D eigenvalue weighted by Gasteiger charge is 2.22. The van der Waals surface area contributed by atoms with Crippen molar-refractivity contribution >= 4 is 25.4 Å². The van der Waals surface area contributed by atoms with Gasteiger partial charge in [-0.3, -0.25) is 0 Å². The molecular formula is C16H22N2P+. The number of aromatic amines is 1. The van der Waals surface area contributed by atoms with Crippen LogP contribution in [0, 0.1) is 0 Å². The Bertz CT molecular complexity index is 579. The average Bonchev–Trinajstić information content (AvgIpc) is 2.85. The molecule has 3 heteroatoms. The second-order valence-corrected chi connectivity index (χ2v) is 6.44. The molecule has 1 unspecified atom stereocenters. The van der Waals surface area contributed by atoms with Crippen LogP contribution < -0.4 is 0 Å². The zero-order chi connectivity index (χ0) is 13.2. The quantitative estimate of drug-likeness (QED) is 0.847. The maximum absolute atomic E-state index is 4.04. The van der Waals surface area contributed by atoms with Crippen LogP contribution in [0.3, 0.4) is 0 Å². The highest BCUT2D eigenvalue weighted by Crippen LogP contribution is 2.35. The number of fused-ring (bicyclic) bond motifs is 1. The van der Waals surface area contributed by atoms with E-state index < -0.39 is 0 Å². The van der Waals surface area contributed by atoms with Crippen LogP contribution in [0.15, 0.2) is 24.4 Å². The predicted octanol–water partition coefficient (Wildman–Crippen LogP) is 3.59. The lowest BCUT2D eigenvalue weighted by Gasteiger charge is -2.29. The van der Waals surface area contributed by atoms with Crippen molar-refractivity contribution in [1.29, 1.82) is 0 Å². The van der Waals surface area contributed by atoms with E-state index in [0.29, 0.717) is 0 Å². The zero-order valence-electron chi connectivity index (χ0n) is 11.6. The lowest BCUT2D eigenvalue weighted by molar-refractivity contribution is 0.256. The molecule has 2 nitrogen and oxygen atoms in total. The van der Waals surface area contributed by atoms with E-state index in [-0.39, 0.29) is 0 Å². The Hall–Kier alpha value is -1.11. The van der Waals surface area contributed by atoms with E-state index in [1.165, 1.54) is 48.0 Å². The first-order chi connectivity index (χ1) is 9.29. The Morgan fingerprint density at radius 2 is 2.16 bits per heavy atom. The number of hydrogen-bond donors (Lipinski definition) is 1. The Morgan fingerprint density at radius 3 is 2.89 bits per heavy atom. The lowest BCUT2D eigenvalue weighted by atomic mass is 9.88. The molecule has 1 saturated heterocycles. The molecule has 1 atom stereocenters. The molecule has 0 saturated carbocycles. The third kappa shape index (κ3) is 2.48. The molecule has 0 amide bonds. The summed E-state index contributed by atoms with van der Waals surface area (Å²) >= 11 is 0. The first-order valence-corrected chi connectivity index (χ1v) is 8.48. The van der Waals surface area contributed by atoms with Crippen molar-refractivity contribution in [1.82, 2.24) is 9.88 Å². The number of nitrogens with zero attached hydrogens (tertiary/aromatic N) is 1. The van der Waals surface area contributed by atoms with Gasteiger partial charge in [0.25, 0.3) is 0 Å². The fourth-order valence-corrected chi connectivity index (χ4v) is 3.78. The number of rotatable bonds is 3. The molecular weight excluding hydrogens is 251 g/mol. The van der Waals surface area contributed by atoms with E-state index in [0.717, 1.165) is 20.3 Å². The topological polar surface area (TPSA) is 19.0 Å². The van der Waals surface area contributed by atoms with Gasteiger partial charge < -0.3 is 9.88 Å². The summed E-state index contributed by atoms with van der Waals surface area (Å²) in [6.07, 6.45) is 9.95. The molecule has 1 aromatic carbocycles. The van der Waals surface area contributed by atoms with E-state index in [1.807, 2.05) is 0 Å². The predicted molar refractivity (Wildman–Crippen MR) is 86.9 cm³/mol. The average molecular weight is 273 g/mol. The number of aromatic nitrogens is 1. The normalized spacial score (nSPS) is 18.4. The summed E-state index contributed by atoms with van der Waals surface area (Å²) < 4.78 is 0. The van der Waals surface area contributed by atoms with Gasteiger partial charge in [-0.1, -0.05) is 12.1 Å². The van der Waals surface area contributed by atoms with Crippen LogP contribution >= 0.6 is 8.20 Å². The van der Waals surface area contributed by atoms with Gasteiger partial charge in [-0.15, -0.1) is 0 Å². The van der Waals surface area contributed by atoms with Crippen LogP contribution in [0.25, 0.3) is 10.9 Å². The fourth-order valence-electron chi connectivity index (χ4n) is 3.21. The van der Waals surface area contributed by atoms with E-state index in [9.17, 15) is 0 Å². The summed E-state index contributed by atoms with van der Waals surface area (Å²) in [7, 11) is 2.96. The maximum atomic E-state index is 4.04. The Labute approximate surface area is 116 Å². The molecule has 1 aliphatic rings. The molecule has 3 rings (SSSR count). The summed E-state index contributed by atoms with van der Waals surface area (Å²) in [4.78, 5) is 5.90. The third-order valence-electron chi connectivity index (χ3n) is 4.30. The monoisotopic (exact) mass is 273 g/mol. The number of nitrogens with one attached hydrogen (secondary N) is 1. The van der Waals surface area contributed by atoms with Crippen molar-refractivity contribution in [3.05, 3.63) is 35.5 Å². The molecule has 0 bridgehead atoms. The van der Waals surface area contributed by atoms with Gasteiger partial charge in [0.05, 0.1) is 14.5 Å². The van der Waals surface area contributed by atoms with Crippen LogP contribution in [0.5, 0.6) is 0 Å². The van der Waals surface area contributed by atoms with Crippen molar-refractivity contribution in [2.24, 2.45) is 0 Å². The first kappa shape index (κ1) is 12.9. The summed E-state index contributed by atoms with van der Waals surface area (Å²) in [5.74, 6) is 0.722. The molecule has 19 heavy (non-hydrogen) atoms. The summed E-state index contributed by atoms with van der Waals surface area (Å²) in [5.41, 5.74) is 4.31. The summed E-state index contributed by atoms with van der Waals surface area (Å²) in [5, 5.41) is 1.48. The molecule has 0 radical (unpaired) electrons. The smallest absolute Gasteiger partial charge is 0.129 e. The number of H-pyrrole nitrogens is 1. The molecule has 0 aliphatic carbocycles. The van der Waals surface area contributed by atoms with Crippen LogP contribution in [0.2, 0.25) is 0 Å². The Morgan fingerprint density at radius 1 is 1.37 bits per heavy atom. The molecule has 100 valence electrons. The number of benzene rings is 1. The van der Waals surface area contributed by atoms with Gasteiger partial charge in [0, 0.05) is 22.7 Å². The van der Waals surface area contributed by atoms with Crippen molar-refractivity contribution in [3.63, 3.8) is 0 Å². The van der Waals surface area contributed by atoms with E-state index >= 15 is 0 Å². The Kier molecular flexibility index (Phi) is 3.72. The van der Waals surface area contributed by atoms with Crippen LogP contribution in [0.4, 0.5) is 0 Å². The van der Waals surface area contributed by atoms with E-state index in [2.05, 4.69) is 47.6 Å². The maximum Gasteiger partial charge on any atom is 0.129 e. The number of likely N-dealkylation sites (tertiary alicyclic amines) is 1. The Balaban J connectivity index is 2.01. The summed E-state index contributed by atoms with van der Waals surface area (Å²) in [6, 6.07) is 6.63. The van der Waals surface area contributed by atoms with Gasteiger partial charge in [0.2, 0.25) is 0 Å². The zero-order valence-corrected chi connectivity index (χ0v) is 12.6. The van der Waals surface area contributed by atoms with Crippen LogP contribution in [0.1, 0.15) is 29.9 Å². The molecule has 1 aliphatic heterocycles. The van der Waals surface area contributed by atoms with Gasteiger partial charge in [-0.25, -0.2) is 0 Å². The minimum atomic E-state index is 0.722. The van der Waals surface area contributed by atoms with Crippen molar-refractivity contribution in [3.8, 4) is 0 Å². The van der Waals surface area contributed by atoms with Gasteiger partial charge >= 0.3 is 0 Å². The molecule has 0 spiro atoms. The minimum Gasteiger partial charge on any atom is -0.361 e. The van der Waals surface area contributed by atoms with Crippen molar-refractivity contribution in [2.45, 2.75) is 24.9 Å². The van der Waals surface area contributed by atoms with Crippen LogP contribution in [-0.4, -0.2) is 36.3 Å². The van der Waals surface area contributed by atoms with Crippen LogP contribution in [-0.2, 0) is 6.16 Å². The van der Waals surface area contributed by atoms with E-state index in [1.54, 1.807) is 0 Å². The number of hydrogen-bond acceptors (Lipinski definition) is 1. The highest BCUT2D eigenvalue weighted by atomic mass is 31.1. The van der Waals surface area contributed by atoms with Gasteiger partial charge in [0.1, 0.15) is 6.16 Å². The van der Waals surface area contributed by atoms with Gasteiger partial charge in [0.15, 0.2) is 0 Å². The molecule has 2 heterocycles. The fraction of sp³-hybridized carbons (Fsp3) is 0.438. The molecule has 2 aromatic rings. The second kappa shape index (κ2) is 5.48. The standard InChI is InChI=1S/C16H21N2P/c1-18-8-6-12(7-9-18)14-10-17-15-5-3-4-13(11-19-2)16(14)15/h3-5,10,12,17H,2,6-9,11H2,1H3/p+1. The largest absolute Gasteiger partial charge is 0.361 e. The number of piperidine rings is 1. The third-order valence-corrected chi connectivity index (χ3v) is 4.93. The SMILES string of the molecule is C=[PH+]Cc1cccc2[nH]cc(C3CCN(C)CC3)c12. The molecule has 1 aromatic heterocycles. The van der Waals surface area contributed by atoms with E-state index in [4.69, 9.17) is 0 Å². The van der Waals surface area contributed by atoms with Crippen molar-refractivity contribution < 1.29 is 0 Å². The minimum absolute atomic E-state index is 0.722. The molecule has 1 N–H and O–H groups in total. The second-order valence-electron chi connectivity index (χ2n) is 5.59. The van der Waals surface area contributed by atoms with Gasteiger partial charge in [-0.2, -0.15) is 0 Å². The van der Waals surface area contributed by atoms with Gasteiger partial charge in [-0.05, 0) is 50.5 Å². The first-order valence-electron chi connectivity index (χ1n) is 7.07. The van der Waals surface area contributed by atoms with Crippen molar-refractivity contribution in [2.75, 3.05) is 20.1 Å².